The molecule has 0 spiro atoms. The molecule has 0 aliphatic carbocycles. The zero-order valence-electron chi connectivity index (χ0n) is 19.1. The van der Waals surface area contributed by atoms with Crippen molar-refractivity contribution in [2.75, 3.05) is 18.5 Å². The molecular weight excluding hydrogens is 426 g/mol. The quantitative estimate of drug-likeness (QED) is 0.586. The number of anilines is 1. The van der Waals surface area contributed by atoms with E-state index < -0.39 is 17.6 Å². The molecule has 1 unspecified atom stereocenters. The predicted octanol–water partition coefficient (Wildman–Crippen LogP) is 4.09. The number of hydrogen-bond donors (Lipinski definition) is 0. The fourth-order valence-corrected chi connectivity index (χ4v) is 4.37. The summed E-state index contributed by atoms with van der Waals surface area (Å²) in [4.78, 5) is 28.4. The van der Waals surface area contributed by atoms with Gasteiger partial charge in [-0.15, -0.1) is 0 Å². The Hall–Kier alpha value is -3.55. The van der Waals surface area contributed by atoms with Crippen molar-refractivity contribution in [3.8, 4) is 5.69 Å². The minimum absolute atomic E-state index is 0.00875. The minimum atomic E-state index is -0.820. The lowest BCUT2D eigenvalue weighted by atomic mass is 10.1. The number of amides is 2. The summed E-state index contributed by atoms with van der Waals surface area (Å²) in [7, 11) is 1.69. The maximum atomic E-state index is 14.2. The number of carbonyl (C=O) groups excluding carboxylic acids is 2. The summed E-state index contributed by atoms with van der Waals surface area (Å²) in [5, 5.41) is 4.68. The van der Waals surface area contributed by atoms with Crippen molar-refractivity contribution in [2.45, 2.75) is 33.7 Å². The Kier molecular flexibility index (Phi) is 6.01. The molecule has 1 aromatic heterocycles. The molecule has 1 aliphatic rings. The molecule has 6 nitrogen and oxygen atoms in total. The summed E-state index contributed by atoms with van der Waals surface area (Å²) >= 11 is 0. The number of benzene rings is 2. The predicted molar refractivity (Wildman–Crippen MR) is 121 cm³/mol. The number of rotatable bonds is 5. The highest BCUT2D eigenvalue weighted by molar-refractivity contribution is 6.00. The molecule has 0 saturated carbocycles. The van der Waals surface area contributed by atoms with Gasteiger partial charge < -0.3 is 9.80 Å². The third-order valence-electron chi connectivity index (χ3n) is 6.23. The SMILES string of the molecule is Cc1ccccc1-n1nc(C)c(CN(C)C(=O)C2CC(=O)N(c3ccc(F)cc3F)C2)c1C. The highest BCUT2D eigenvalue weighted by atomic mass is 19.1. The summed E-state index contributed by atoms with van der Waals surface area (Å²) in [6.45, 7) is 6.31. The second-order valence-electron chi connectivity index (χ2n) is 8.54. The van der Waals surface area contributed by atoms with E-state index in [1.54, 1.807) is 11.9 Å². The second-order valence-corrected chi connectivity index (χ2v) is 8.54. The lowest BCUT2D eigenvalue weighted by molar-refractivity contribution is -0.135. The van der Waals surface area contributed by atoms with Crippen LogP contribution in [0.2, 0.25) is 0 Å². The highest BCUT2D eigenvalue weighted by Crippen LogP contribution is 2.29. The molecule has 1 atom stereocenters. The van der Waals surface area contributed by atoms with Crippen LogP contribution in [-0.2, 0) is 16.1 Å². The van der Waals surface area contributed by atoms with Crippen molar-refractivity contribution in [2.24, 2.45) is 5.92 Å². The van der Waals surface area contributed by atoms with E-state index in [4.69, 9.17) is 0 Å². The Bertz CT molecular complexity index is 1240. The number of carbonyl (C=O) groups is 2. The summed E-state index contributed by atoms with van der Waals surface area (Å²) in [5.41, 5.74) is 4.78. The summed E-state index contributed by atoms with van der Waals surface area (Å²) in [6.07, 6.45) is -0.0135. The molecule has 2 amide bonds. The van der Waals surface area contributed by atoms with E-state index in [2.05, 4.69) is 5.10 Å². The molecule has 2 aromatic carbocycles. The van der Waals surface area contributed by atoms with Gasteiger partial charge in [-0.3, -0.25) is 9.59 Å². The zero-order valence-corrected chi connectivity index (χ0v) is 19.1. The number of aromatic nitrogens is 2. The molecule has 0 bridgehead atoms. The van der Waals surface area contributed by atoms with Crippen molar-refractivity contribution < 1.29 is 18.4 Å². The van der Waals surface area contributed by atoms with Gasteiger partial charge in [0.25, 0.3) is 0 Å². The number of hydrogen-bond acceptors (Lipinski definition) is 3. The standard InChI is InChI=1S/C25H26F2N4O2/c1-15-7-5-6-8-22(15)31-17(3)20(16(2)28-31)14-29(4)25(33)18-11-24(32)30(13-18)23-10-9-19(26)12-21(23)27/h5-10,12,18H,11,13-14H2,1-4H3. The molecule has 172 valence electrons. The van der Waals surface area contributed by atoms with Gasteiger partial charge in [-0.05, 0) is 44.5 Å². The maximum absolute atomic E-state index is 14.2. The Morgan fingerprint density at radius 1 is 1.12 bits per heavy atom. The first-order chi connectivity index (χ1) is 15.7. The van der Waals surface area contributed by atoms with Crippen LogP contribution in [0.4, 0.5) is 14.5 Å². The van der Waals surface area contributed by atoms with Gasteiger partial charge in [-0.25, -0.2) is 13.5 Å². The second kappa shape index (κ2) is 8.77. The lowest BCUT2D eigenvalue weighted by Gasteiger charge is -2.22. The Morgan fingerprint density at radius 2 is 1.85 bits per heavy atom. The van der Waals surface area contributed by atoms with Gasteiger partial charge in [0.2, 0.25) is 11.8 Å². The van der Waals surface area contributed by atoms with Gasteiger partial charge in [0.15, 0.2) is 0 Å². The first-order valence-corrected chi connectivity index (χ1v) is 10.8. The van der Waals surface area contributed by atoms with Gasteiger partial charge in [0.1, 0.15) is 11.6 Å². The molecule has 33 heavy (non-hydrogen) atoms. The zero-order chi connectivity index (χ0) is 23.9. The van der Waals surface area contributed by atoms with E-state index in [9.17, 15) is 18.4 Å². The first kappa shape index (κ1) is 22.6. The summed E-state index contributed by atoms with van der Waals surface area (Å²) < 4.78 is 29.3. The van der Waals surface area contributed by atoms with E-state index in [1.807, 2.05) is 49.7 Å². The highest BCUT2D eigenvalue weighted by Gasteiger charge is 2.37. The number of nitrogens with zero attached hydrogens (tertiary/aromatic N) is 4. The van der Waals surface area contributed by atoms with Crippen molar-refractivity contribution >= 4 is 17.5 Å². The molecule has 1 aliphatic heterocycles. The van der Waals surface area contributed by atoms with Crippen LogP contribution in [0, 0.1) is 38.3 Å². The van der Waals surface area contributed by atoms with E-state index in [0.29, 0.717) is 6.54 Å². The molecule has 0 radical (unpaired) electrons. The van der Waals surface area contributed by atoms with E-state index in [1.165, 1.54) is 11.0 Å². The van der Waals surface area contributed by atoms with Gasteiger partial charge in [-0.1, -0.05) is 18.2 Å². The van der Waals surface area contributed by atoms with Crippen molar-refractivity contribution in [3.05, 3.63) is 76.6 Å². The van der Waals surface area contributed by atoms with Crippen LogP contribution < -0.4 is 4.90 Å². The van der Waals surface area contributed by atoms with Crippen LogP contribution in [0.25, 0.3) is 5.69 Å². The molecule has 1 saturated heterocycles. The average Bonchev–Trinajstić information content (AvgIpc) is 3.28. The van der Waals surface area contributed by atoms with Crippen LogP contribution in [0.1, 0.15) is 28.9 Å². The van der Waals surface area contributed by atoms with Crippen molar-refractivity contribution in [1.29, 1.82) is 0 Å². The van der Waals surface area contributed by atoms with Crippen LogP contribution in [0.5, 0.6) is 0 Å². The van der Waals surface area contributed by atoms with E-state index >= 15 is 0 Å². The fraction of sp³-hybridized carbons (Fsp3) is 0.320. The molecular formula is C25H26F2N4O2. The van der Waals surface area contributed by atoms with E-state index in [-0.39, 0.29) is 30.5 Å². The molecule has 4 rings (SSSR count). The number of halogens is 2. The third kappa shape index (κ3) is 4.25. The summed E-state index contributed by atoms with van der Waals surface area (Å²) in [5.74, 6) is -2.69. The minimum Gasteiger partial charge on any atom is -0.341 e. The van der Waals surface area contributed by atoms with Crippen LogP contribution in [-0.4, -0.2) is 40.1 Å². The number of aryl methyl sites for hydroxylation is 2. The smallest absolute Gasteiger partial charge is 0.228 e. The molecule has 8 heteroatoms. The van der Waals surface area contributed by atoms with Crippen molar-refractivity contribution in [3.63, 3.8) is 0 Å². The first-order valence-electron chi connectivity index (χ1n) is 10.8. The Balaban J connectivity index is 1.51. The van der Waals surface area contributed by atoms with Gasteiger partial charge in [-0.2, -0.15) is 5.10 Å². The van der Waals surface area contributed by atoms with Crippen LogP contribution in [0.3, 0.4) is 0 Å². The monoisotopic (exact) mass is 452 g/mol. The van der Waals surface area contributed by atoms with E-state index in [0.717, 1.165) is 40.3 Å². The molecule has 0 N–H and O–H groups in total. The number of para-hydroxylation sites is 1. The topological polar surface area (TPSA) is 58.4 Å². The lowest BCUT2D eigenvalue weighted by Crippen LogP contribution is -2.34. The molecule has 3 aromatic rings. The van der Waals surface area contributed by atoms with Gasteiger partial charge >= 0.3 is 0 Å². The summed E-state index contributed by atoms with van der Waals surface area (Å²) in [6, 6.07) is 11.0. The van der Waals surface area contributed by atoms with Gasteiger partial charge in [0.05, 0.1) is 23.0 Å². The van der Waals surface area contributed by atoms with Crippen molar-refractivity contribution in [1.82, 2.24) is 14.7 Å². The maximum Gasteiger partial charge on any atom is 0.228 e. The molecule has 2 heterocycles. The molecule has 1 fully saturated rings. The Labute approximate surface area is 191 Å². The largest absolute Gasteiger partial charge is 0.341 e. The third-order valence-corrected chi connectivity index (χ3v) is 6.23. The van der Waals surface area contributed by atoms with Crippen LogP contribution >= 0.6 is 0 Å². The Morgan fingerprint density at radius 3 is 2.55 bits per heavy atom. The normalized spacial score (nSPS) is 15.9. The average molecular weight is 453 g/mol. The van der Waals surface area contributed by atoms with Crippen LogP contribution in [0.15, 0.2) is 42.5 Å². The fourth-order valence-electron chi connectivity index (χ4n) is 4.37. The van der Waals surface area contributed by atoms with Gasteiger partial charge in [0, 0.05) is 43.9 Å².